The van der Waals surface area contributed by atoms with E-state index < -0.39 is 0 Å². The van der Waals surface area contributed by atoms with E-state index in [0.29, 0.717) is 23.2 Å². The van der Waals surface area contributed by atoms with Crippen molar-refractivity contribution in [3.63, 3.8) is 0 Å². The average Bonchev–Trinajstić information content (AvgIpc) is 3.29. The van der Waals surface area contributed by atoms with Gasteiger partial charge >= 0.3 is 0 Å². The number of nitrogens with one attached hydrogen (secondary N) is 1. The van der Waals surface area contributed by atoms with Gasteiger partial charge in [0.2, 0.25) is 5.91 Å². The summed E-state index contributed by atoms with van der Waals surface area (Å²) in [5.74, 6) is 2.54. The van der Waals surface area contributed by atoms with Gasteiger partial charge in [0, 0.05) is 24.7 Å². The number of hydrogen-bond donors (Lipinski definition) is 1. The van der Waals surface area contributed by atoms with Crippen LogP contribution in [0.15, 0.2) is 12.1 Å². The Bertz CT molecular complexity index is 644. The zero-order chi connectivity index (χ0) is 16.4. The summed E-state index contributed by atoms with van der Waals surface area (Å²) in [6.45, 7) is 3.56. The maximum Gasteiger partial charge on any atom is 0.230 e. The van der Waals surface area contributed by atoms with Crippen molar-refractivity contribution in [3.8, 4) is 6.07 Å². The standard InChI is InChI=1S/C17H22N4OS.ClH/c1-11-3-4-13(7-18)17(19-11)21-8-14(12-5-6-12)15(9-21)20-16(22)10-23-2;/h3-4,12,14-15H,5-6,8-10H2,1-2H3,(H,20,22);1H/t14-,15+;/m1./s1. The fraction of sp³-hybridized carbons (Fsp3) is 0.588. The number of carbonyl (C=O) groups excluding carboxylic acids is 1. The van der Waals surface area contributed by atoms with Crippen LogP contribution < -0.4 is 10.2 Å². The second-order valence-electron chi connectivity index (χ2n) is 6.45. The maximum atomic E-state index is 12.0. The normalized spacial score (nSPS) is 22.6. The van der Waals surface area contributed by atoms with Gasteiger partial charge in [0.1, 0.15) is 11.9 Å². The maximum absolute atomic E-state index is 12.0. The Hall–Kier alpha value is -1.45. The number of aryl methyl sites for hydroxylation is 1. The van der Waals surface area contributed by atoms with Crippen molar-refractivity contribution in [2.75, 3.05) is 30.0 Å². The monoisotopic (exact) mass is 366 g/mol. The van der Waals surface area contributed by atoms with E-state index in [1.807, 2.05) is 25.3 Å². The van der Waals surface area contributed by atoms with Crippen LogP contribution in [0, 0.1) is 30.1 Å². The summed E-state index contributed by atoms with van der Waals surface area (Å²) in [4.78, 5) is 18.7. The van der Waals surface area contributed by atoms with Gasteiger partial charge in [0.05, 0.1) is 17.4 Å². The molecule has 1 aromatic heterocycles. The Balaban J connectivity index is 0.00000208. The van der Waals surface area contributed by atoms with Crippen molar-refractivity contribution >= 4 is 35.9 Å². The molecule has 130 valence electrons. The first-order chi connectivity index (χ1) is 11.1. The number of pyridine rings is 1. The lowest BCUT2D eigenvalue weighted by molar-refractivity contribution is -0.119. The van der Waals surface area contributed by atoms with Gasteiger partial charge in [0.15, 0.2) is 0 Å². The topological polar surface area (TPSA) is 69.0 Å². The van der Waals surface area contributed by atoms with E-state index in [0.717, 1.165) is 24.6 Å². The van der Waals surface area contributed by atoms with Crippen LogP contribution in [0.2, 0.25) is 0 Å². The zero-order valence-corrected chi connectivity index (χ0v) is 15.6. The van der Waals surface area contributed by atoms with E-state index in [9.17, 15) is 10.1 Å². The quantitative estimate of drug-likeness (QED) is 0.866. The van der Waals surface area contributed by atoms with Gasteiger partial charge in [-0.05, 0) is 44.1 Å². The molecule has 1 aromatic rings. The lowest BCUT2D eigenvalue weighted by Crippen LogP contribution is -2.42. The predicted octanol–water partition coefficient (Wildman–Crippen LogP) is 2.38. The second-order valence-corrected chi connectivity index (χ2v) is 7.31. The molecule has 0 bridgehead atoms. The molecule has 5 nitrogen and oxygen atoms in total. The minimum absolute atomic E-state index is 0. The Morgan fingerprint density at radius 2 is 2.21 bits per heavy atom. The van der Waals surface area contributed by atoms with Crippen molar-refractivity contribution < 1.29 is 4.79 Å². The first-order valence-electron chi connectivity index (χ1n) is 8.03. The third kappa shape index (κ3) is 4.14. The number of thioether (sulfide) groups is 1. The SMILES string of the molecule is CSCC(=O)N[C@H]1CN(c2nc(C)ccc2C#N)C[C@@H]1C1CC1.Cl. The van der Waals surface area contributed by atoms with Gasteiger partial charge in [-0.2, -0.15) is 17.0 Å². The molecule has 1 saturated heterocycles. The molecule has 0 radical (unpaired) electrons. The van der Waals surface area contributed by atoms with Crippen LogP contribution in [0.4, 0.5) is 5.82 Å². The smallest absolute Gasteiger partial charge is 0.230 e. The number of halogens is 1. The molecular weight excluding hydrogens is 344 g/mol. The van der Waals surface area contributed by atoms with Gasteiger partial charge in [-0.15, -0.1) is 12.4 Å². The summed E-state index contributed by atoms with van der Waals surface area (Å²) in [5, 5.41) is 12.5. The lowest BCUT2D eigenvalue weighted by Gasteiger charge is -2.19. The number of hydrogen-bond acceptors (Lipinski definition) is 5. The van der Waals surface area contributed by atoms with E-state index >= 15 is 0 Å². The molecule has 2 aliphatic rings. The van der Waals surface area contributed by atoms with E-state index in [-0.39, 0.29) is 24.4 Å². The van der Waals surface area contributed by atoms with E-state index in [4.69, 9.17) is 0 Å². The van der Waals surface area contributed by atoms with Crippen LogP contribution in [-0.2, 0) is 4.79 Å². The molecule has 1 N–H and O–H groups in total. The van der Waals surface area contributed by atoms with Gasteiger partial charge in [-0.25, -0.2) is 4.98 Å². The highest BCUT2D eigenvalue weighted by molar-refractivity contribution is 7.99. The Kier molecular flexibility index (Phi) is 6.36. The Morgan fingerprint density at radius 3 is 2.83 bits per heavy atom. The van der Waals surface area contributed by atoms with E-state index in [1.165, 1.54) is 12.8 Å². The summed E-state index contributed by atoms with van der Waals surface area (Å²) >= 11 is 1.54. The van der Waals surface area contributed by atoms with Gasteiger partial charge in [-0.1, -0.05) is 0 Å². The lowest BCUT2D eigenvalue weighted by atomic mass is 9.98. The van der Waals surface area contributed by atoms with Gasteiger partial charge in [0.25, 0.3) is 0 Å². The molecule has 1 aliphatic heterocycles. The summed E-state index contributed by atoms with van der Waals surface area (Å²) in [6.07, 6.45) is 4.44. The first kappa shape index (κ1) is 18.9. The molecule has 2 heterocycles. The number of amides is 1. The minimum atomic E-state index is 0. The van der Waals surface area contributed by atoms with Crippen molar-refractivity contribution in [2.24, 2.45) is 11.8 Å². The average molecular weight is 367 g/mol. The molecule has 0 aromatic carbocycles. The highest BCUT2D eigenvalue weighted by Gasteiger charge is 2.43. The summed E-state index contributed by atoms with van der Waals surface area (Å²) < 4.78 is 0. The molecule has 24 heavy (non-hydrogen) atoms. The molecule has 0 spiro atoms. The van der Waals surface area contributed by atoms with Crippen molar-refractivity contribution in [1.82, 2.24) is 10.3 Å². The molecule has 0 unspecified atom stereocenters. The van der Waals surface area contributed by atoms with E-state index in [2.05, 4.69) is 21.3 Å². The zero-order valence-electron chi connectivity index (χ0n) is 14.0. The van der Waals surface area contributed by atoms with Crippen LogP contribution in [0.3, 0.4) is 0 Å². The largest absolute Gasteiger partial charge is 0.353 e. The van der Waals surface area contributed by atoms with Crippen molar-refractivity contribution in [2.45, 2.75) is 25.8 Å². The third-order valence-electron chi connectivity index (χ3n) is 4.65. The minimum Gasteiger partial charge on any atom is -0.353 e. The number of nitrogens with zero attached hydrogens (tertiary/aromatic N) is 3. The van der Waals surface area contributed by atoms with Crippen molar-refractivity contribution in [1.29, 1.82) is 5.26 Å². The molecule has 2 atom stereocenters. The molecule has 1 amide bonds. The first-order valence-corrected chi connectivity index (χ1v) is 9.42. The highest BCUT2D eigenvalue weighted by Crippen LogP contribution is 2.42. The number of carbonyl (C=O) groups is 1. The van der Waals surface area contributed by atoms with Gasteiger partial charge in [-0.3, -0.25) is 4.79 Å². The summed E-state index contributed by atoms with van der Waals surface area (Å²) in [6, 6.07) is 6.11. The molecule has 7 heteroatoms. The summed E-state index contributed by atoms with van der Waals surface area (Å²) in [5.41, 5.74) is 1.53. The molecule has 2 fully saturated rings. The number of rotatable bonds is 5. The third-order valence-corrected chi connectivity index (χ3v) is 5.20. The number of nitriles is 1. The molecule has 1 saturated carbocycles. The van der Waals surface area contributed by atoms with Crippen molar-refractivity contribution in [3.05, 3.63) is 23.4 Å². The fourth-order valence-electron chi connectivity index (χ4n) is 3.41. The number of aromatic nitrogens is 1. The molecule has 1 aliphatic carbocycles. The Morgan fingerprint density at radius 1 is 1.46 bits per heavy atom. The Labute approximate surface area is 153 Å². The van der Waals surface area contributed by atoms with Crippen LogP contribution in [0.25, 0.3) is 0 Å². The predicted molar refractivity (Wildman–Crippen MR) is 99.7 cm³/mol. The molecule has 3 rings (SSSR count). The van der Waals surface area contributed by atoms with E-state index in [1.54, 1.807) is 11.8 Å². The fourth-order valence-corrected chi connectivity index (χ4v) is 3.75. The van der Waals surface area contributed by atoms with Crippen LogP contribution >= 0.6 is 24.2 Å². The van der Waals surface area contributed by atoms with Gasteiger partial charge < -0.3 is 10.2 Å². The molecular formula is C17H23ClN4OS. The summed E-state index contributed by atoms with van der Waals surface area (Å²) in [7, 11) is 0. The number of anilines is 1. The van der Waals surface area contributed by atoms with Crippen LogP contribution in [0.1, 0.15) is 24.1 Å². The highest BCUT2D eigenvalue weighted by atomic mass is 35.5. The van der Waals surface area contributed by atoms with Crippen LogP contribution in [0.5, 0.6) is 0 Å². The second kappa shape index (κ2) is 8.09. The van der Waals surface area contributed by atoms with Crippen LogP contribution in [-0.4, -0.2) is 42.0 Å².